The Morgan fingerprint density at radius 3 is 3.00 bits per heavy atom. The number of thiazole rings is 1. The van der Waals surface area contributed by atoms with E-state index >= 15 is 0 Å². The first-order valence-corrected chi connectivity index (χ1v) is 7.36. The standard InChI is InChI=1S/C12H8BrN5S.CH4/c13-8-3-1-2-7(4-8)10-15-12-16-11(18(12)17-10)9-5-14-6-19-9;/h1-6,11H,(H,15,16,17);1H4. The lowest BCUT2D eigenvalue weighted by molar-refractivity contribution is 0.517. The van der Waals surface area contributed by atoms with Gasteiger partial charge in [-0.25, -0.2) is 4.68 Å². The van der Waals surface area contributed by atoms with Crippen LogP contribution in [-0.4, -0.2) is 19.7 Å². The Labute approximate surface area is 128 Å². The summed E-state index contributed by atoms with van der Waals surface area (Å²) in [6.45, 7) is 0. The molecule has 1 aliphatic rings. The second-order valence-electron chi connectivity index (χ2n) is 4.16. The molecule has 0 aliphatic carbocycles. The Balaban J connectivity index is 0.00000121. The van der Waals surface area contributed by atoms with E-state index in [4.69, 9.17) is 0 Å². The summed E-state index contributed by atoms with van der Waals surface area (Å²) in [6, 6.07) is 7.98. The van der Waals surface area contributed by atoms with Crippen molar-refractivity contribution in [3.63, 3.8) is 0 Å². The molecule has 1 aliphatic heterocycles. The number of rotatable bonds is 2. The maximum absolute atomic E-state index is 4.55. The number of hydrogen-bond acceptors (Lipinski definition) is 5. The van der Waals surface area contributed by atoms with Gasteiger partial charge in [-0.3, -0.25) is 4.98 Å². The Morgan fingerprint density at radius 1 is 1.35 bits per heavy atom. The first kappa shape index (κ1) is 13.3. The van der Waals surface area contributed by atoms with Gasteiger partial charge in [0.05, 0.1) is 10.4 Å². The Hall–Kier alpha value is -1.73. The van der Waals surface area contributed by atoms with Crippen molar-refractivity contribution in [1.29, 1.82) is 0 Å². The second kappa shape index (κ2) is 4.99. The molecule has 0 radical (unpaired) electrons. The predicted molar refractivity (Wildman–Crippen MR) is 83.8 cm³/mol. The highest BCUT2D eigenvalue weighted by Gasteiger charge is 2.31. The van der Waals surface area contributed by atoms with Crippen LogP contribution in [0.2, 0.25) is 0 Å². The van der Waals surface area contributed by atoms with E-state index in [1.165, 1.54) is 0 Å². The van der Waals surface area contributed by atoms with Crippen LogP contribution >= 0.6 is 27.3 Å². The van der Waals surface area contributed by atoms with Gasteiger partial charge < -0.3 is 5.32 Å². The molecule has 7 heteroatoms. The van der Waals surface area contributed by atoms with E-state index in [1.807, 2.05) is 40.7 Å². The molecular weight excluding hydrogens is 338 g/mol. The molecule has 0 fully saturated rings. The van der Waals surface area contributed by atoms with Crippen molar-refractivity contribution in [2.45, 2.75) is 13.6 Å². The number of halogens is 1. The van der Waals surface area contributed by atoms with Crippen LogP contribution in [0.5, 0.6) is 0 Å². The first-order valence-electron chi connectivity index (χ1n) is 5.69. The number of fused-ring (bicyclic) bond motifs is 1. The van der Waals surface area contributed by atoms with Crippen molar-refractivity contribution in [2.24, 2.45) is 0 Å². The fraction of sp³-hybridized carbons (Fsp3) is 0.154. The zero-order chi connectivity index (χ0) is 12.8. The highest BCUT2D eigenvalue weighted by molar-refractivity contribution is 9.10. The Kier molecular flexibility index (Phi) is 3.31. The predicted octanol–water partition coefficient (Wildman–Crippen LogP) is 3.77. The molecule has 3 aromatic rings. The third-order valence-electron chi connectivity index (χ3n) is 2.95. The number of anilines is 1. The topological polar surface area (TPSA) is 55.6 Å². The van der Waals surface area contributed by atoms with Gasteiger partial charge in [-0.05, 0) is 12.1 Å². The molecule has 0 saturated heterocycles. The van der Waals surface area contributed by atoms with Crippen molar-refractivity contribution in [1.82, 2.24) is 19.7 Å². The van der Waals surface area contributed by atoms with Crippen molar-refractivity contribution in [3.05, 3.63) is 45.3 Å². The number of hydrogen-bond donors (Lipinski definition) is 1. The van der Waals surface area contributed by atoms with Gasteiger partial charge in [0.1, 0.15) is 0 Å². The molecule has 1 aromatic carbocycles. The Morgan fingerprint density at radius 2 is 2.25 bits per heavy atom. The number of nitrogens with zero attached hydrogens (tertiary/aromatic N) is 4. The maximum atomic E-state index is 4.55. The number of aromatic nitrogens is 4. The van der Waals surface area contributed by atoms with Crippen LogP contribution in [0.25, 0.3) is 11.4 Å². The van der Waals surface area contributed by atoms with Gasteiger partial charge in [-0.1, -0.05) is 35.5 Å². The zero-order valence-corrected chi connectivity index (χ0v) is 12.0. The van der Waals surface area contributed by atoms with Crippen LogP contribution < -0.4 is 5.32 Å². The van der Waals surface area contributed by atoms with E-state index in [-0.39, 0.29) is 13.6 Å². The monoisotopic (exact) mass is 349 g/mol. The van der Waals surface area contributed by atoms with Gasteiger partial charge in [-0.2, -0.15) is 4.98 Å². The van der Waals surface area contributed by atoms with Crippen molar-refractivity contribution in [2.75, 3.05) is 5.32 Å². The molecule has 4 rings (SSSR count). The summed E-state index contributed by atoms with van der Waals surface area (Å²) in [5, 5.41) is 7.83. The van der Waals surface area contributed by atoms with Crippen LogP contribution in [-0.2, 0) is 0 Å². The molecule has 0 spiro atoms. The maximum Gasteiger partial charge on any atom is 0.226 e. The molecule has 0 amide bonds. The highest BCUT2D eigenvalue weighted by atomic mass is 79.9. The smallest absolute Gasteiger partial charge is 0.226 e. The lowest BCUT2D eigenvalue weighted by Gasteiger charge is -2.27. The zero-order valence-electron chi connectivity index (χ0n) is 9.62. The molecule has 1 atom stereocenters. The second-order valence-corrected chi connectivity index (χ2v) is 6.00. The summed E-state index contributed by atoms with van der Waals surface area (Å²) >= 11 is 5.07. The largest absolute Gasteiger partial charge is 0.328 e. The van der Waals surface area contributed by atoms with Crippen molar-refractivity contribution < 1.29 is 0 Å². The fourth-order valence-electron chi connectivity index (χ4n) is 2.02. The van der Waals surface area contributed by atoms with Crippen molar-refractivity contribution >= 4 is 33.2 Å². The molecule has 1 unspecified atom stereocenters. The first-order chi connectivity index (χ1) is 9.31. The van der Waals surface area contributed by atoms with Gasteiger partial charge in [-0.15, -0.1) is 16.4 Å². The molecule has 2 aromatic heterocycles. The molecule has 20 heavy (non-hydrogen) atoms. The highest BCUT2D eigenvalue weighted by Crippen LogP contribution is 2.34. The van der Waals surface area contributed by atoms with Gasteiger partial charge in [0, 0.05) is 16.2 Å². The third kappa shape index (κ3) is 2.03. The van der Waals surface area contributed by atoms with Crippen LogP contribution in [0, 0.1) is 0 Å². The quantitative estimate of drug-likeness (QED) is 0.764. The number of benzene rings is 1. The lowest BCUT2D eigenvalue weighted by Crippen LogP contribution is -2.31. The Bertz CT molecular complexity index is 737. The molecule has 3 heterocycles. The minimum Gasteiger partial charge on any atom is -0.328 e. The van der Waals surface area contributed by atoms with E-state index in [0.717, 1.165) is 26.7 Å². The SMILES string of the molecule is Brc1cccc(-c2nc3n(n2)C(c2cncs2)N3)c1.C. The molecule has 5 nitrogen and oxygen atoms in total. The van der Waals surface area contributed by atoms with Gasteiger partial charge in [0.2, 0.25) is 5.95 Å². The summed E-state index contributed by atoms with van der Waals surface area (Å²) in [5.41, 5.74) is 2.82. The molecular formula is C13H12BrN5S. The summed E-state index contributed by atoms with van der Waals surface area (Å²) < 4.78 is 2.91. The van der Waals surface area contributed by atoms with Crippen LogP contribution in [0.3, 0.4) is 0 Å². The average Bonchev–Trinajstić information content (AvgIpc) is 3.00. The van der Waals surface area contributed by atoms with E-state index in [9.17, 15) is 0 Å². The molecule has 0 bridgehead atoms. The van der Waals surface area contributed by atoms with Gasteiger partial charge in [0.25, 0.3) is 0 Å². The summed E-state index contributed by atoms with van der Waals surface area (Å²) in [4.78, 5) is 9.70. The lowest BCUT2D eigenvalue weighted by atomic mass is 10.2. The van der Waals surface area contributed by atoms with Crippen molar-refractivity contribution in [3.8, 4) is 11.4 Å². The van der Waals surface area contributed by atoms with E-state index < -0.39 is 0 Å². The van der Waals surface area contributed by atoms with E-state index in [0.29, 0.717) is 0 Å². The summed E-state index contributed by atoms with van der Waals surface area (Å²) in [6.07, 6.45) is 1.92. The van der Waals surface area contributed by atoms with Crippen LogP contribution in [0.4, 0.5) is 5.95 Å². The summed E-state index contributed by atoms with van der Waals surface area (Å²) in [5.74, 6) is 1.53. The minimum atomic E-state index is 0. The minimum absolute atomic E-state index is 0. The normalized spacial score (nSPS) is 15.8. The molecule has 0 saturated carbocycles. The molecule has 1 N–H and O–H groups in total. The van der Waals surface area contributed by atoms with E-state index in [2.05, 4.69) is 36.3 Å². The van der Waals surface area contributed by atoms with Crippen LogP contribution in [0.15, 0.2) is 40.4 Å². The summed E-state index contributed by atoms with van der Waals surface area (Å²) in [7, 11) is 0. The molecule has 102 valence electrons. The number of nitrogens with one attached hydrogen (secondary N) is 1. The van der Waals surface area contributed by atoms with Gasteiger partial charge >= 0.3 is 0 Å². The van der Waals surface area contributed by atoms with Crippen LogP contribution in [0.1, 0.15) is 18.5 Å². The average molecular weight is 350 g/mol. The fourth-order valence-corrected chi connectivity index (χ4v) is 3.07. The van der Waals surface area contributed by atoms with E-state index in [1.54, 1.807) is 11.3 Å². The third-order valence-corrected chi connectivity index (χ3v) is 4.27. The van der Waals surface area contributed by atoms with Gasteiger partial charge in [0.15, 0.2) is 12.0 Å².